The average Bonchev–Trinajstić information content (AvgIpc) is 3.27. The van der Waals surface area contributed by atoms with Gasteiger partial charge >= 0.3 is 5.69 Å². The van der Waals surface area contributed by atoms with Gasteiger partial charge in [0.1, 0.15) is 5.58 Å². The third-order valence-electron chi connectivity index (χ3n) is 5.38. The van der Waals surface area contributed by atoms with Crippen molar-refractivity contribution in [3.8, 4) is 0 Å². The fraction of sp³-hybridized carbons (Fsp3) is 0.238. The lowest BCUT2D eigenvalue weighted by atomic mass is 10.0. The Morgan fingerprint density at radius 2 is 1.78 bits per heavy atom. The van der Waals surface area contributed by atoms with E-state index in [1.165, 1.54) is 0 Å². The van der Waals surface area contributed by atoms with Gasteiger partial charge in [0, 0.05) is 24.5 Å². The summed E-state index contributed by atoms with van der Waals surface area (Å²) in [6, 6.07) is 17.2. The van der Waals surface area contributed by atoms with E-state index < -0.39 is 0 Å². The number of H-pyrrole nitrogens is 1. The smallest absolute Gasteiger partial charge is 0.326 e. The summed E-state index contributed by atoms with van der Waals surface area (Å²) in [4.78, 5) is 29.9. The first-order chi connectivity index (χ1) is 13.2. The van der Waals surface area contributed by atoms with Gasteiger partial charge in [-0.05, 0) is 37.1 Å². The number of rotatable bonds is 2. The molecule has 1 aliphatic rings. The predicted octanol–water partition coefficient (Wildman–Crippen LogP) is 3.55. The maximum Gasteiger partial charge on any atom is 0.326 e. The summed E-state index contributed by atoms with van der Waals surface area (Å²) in [5.41, 5.74) is 2.41. The van der Waals surface area contributed by atoms with Gasteiger partial charge in [0.25, 0.3) is 5.91 Å². The summed E-state index contributed by atoms with van der Waals surface area (Å²) in [7, 11) is 0. The molecule has 4 aromatic rings. The van der Waals surface area contributed by atoms with Gasteiger partial charge in [-0.1, -0.05) is 30.3 Å². The molecule has 1 saturated heterocycles. The van der Waals surface area contributed by atoms with Gasteiger partial charge in [-0.3, -0.25) is 9.36 Å². The Balaban J connectivity index is 1.36. The summed E-state index contributed by atoms with van der Waals surface area (Å²) in [6.45, 7) is 1.21. The van der Waals surface area contributed by atoms with Gasteiger partial charge in [0.15, 0.2) is 5.76 Å². The van der Waals surface area contributed by atoms with E-state index in [2.05, 4.69) is 4.98 Å². The van der Waals surface area contributed by atoms with Crippen LogP contribution in [0.4, 0.5) is 0 Å². The number of carbonyl (C=O) groups is 1. The SMILES string of the molecule is O=C(c1cc2ccccc2o1)N1CCC(n2c(=O)[nH]c3ccccc32)CC1. The van der Waals surface area contributed by atoms with E-state index in [1.54, 1.807) is 6.07 Å². The molecule has 2 aromatic heterocycles. The van der Waals surface area contributed by atoms with E-state index >= 15 is 0 Å². The molecule has 1 N–H and O–H groups in total. The van der Waals surface area contributed by atoms with Crippen LogP contribution in [-0.2, 0) is 0 Å². The van der Waals surface area contributed by atoms with E-state index in [0.29, 0.717) is 18.8 Å². The highest BCUT2D eigenvalue weighted by atomic mass is 16.3. The Bertz CT molecular complexity index is 1160. The summed E-state index contributed by atoms with van der Waals surface area (Å²) in [5.74, 6) is 0.287. The lowest BCUT2D eigenvalue weighted by molar-refractivity contribution is 0.0665. The van der Waals surface area contributed by atoms with Crippen molar-refractivity contribution in [3.63, 3.8) is 0 Å². The Morgan fingerprint density at radius 3 is 2.59 bits per heavy atom. The number of likely N-dealkylation sites (tertiary alicyclic amines) is 1. The van der Waals surface area contributed by atoms with Crippen LogP contribution in [0.15, 0.2) is 63.8 Å². The summed E-state index contributed by atoms with van der Waals surface area (Å²) < 4.78 is 7.54. The van der Waals surface area contributed by atoms with Crippen LogP contribution in [-0.4, -0.2) is 33.4 Å². The standard InChI is InChI=1S/C21H19N3O3/c25-20(19-13-14-5-1-4-8-18(14)27-19)23-11-9-15(10-12-23)24-17-7-3-2-6-16(17)22-21(24)26/h1-8,13,15H,9-12H2,(H,22,26). The maximum absolute atomic E-state index is 12.8. The number of nitrogens with one attached hydrogen (secondary N) is 1. The Hall–Kier alpha value is -3.28. The van der Waals surface area contributed by atoms with Crippen molar-refractivity contribution >= 4 is 27.9 Å². The number of hydrogen-bond acceptors (Lipinski definition) is 3. The van der Waals surface area contributed by atoms with Gasteiger partial charge in [-0.2, -0.15) is 0 Å². The first kappa shape index (κ1) is 15.9. The molecule has 2 aromatic carbocycles. The second-order valence-electron chi connectivity index (χ2n) is 6.99. The monoisotopic (exact) mass is 361 g/mol. The van der Waals surface area contributed by atoms with Crippen molar-refractivity contribution in [1.82, 2.24) is 14.5 Å². The first-order valence-corrected chi connectivity index (χ1v) is 9.18. The van der Waals surface area contributed by atoms with E-state index in [9.17, 15) is 9.59 Å². The highest BCUT2D eigenvalue weighted by Crippen LogP contribution is 2.27. The molecule has 3 heterocycles. The molecule has 1 fully saturated rings. The van der Waals surface area contributed by atoms with Crippen molar-refractivity contribution in [2.24, 2.45) is 0 Å². The molecule has 0 saturated carbocycles. The molecular formula is C21H19N3O3. The van der Waals surface area contributed by atoms with Crippen molar-refractivity contribution in [2.75, 3.05) is 13.1 Å². The van der Waals surface area contributed by atoms with Crippen LogP contribution in [0.2, 0.25) is 0 Å². The molecule has 0 radical (unpaired) electrons. The van der Waals surface area contributed by atoms with Gasteiger partial charge in [-0.25, -0.2) is 4.79 Å². The van der Waals surface area contributed by atoms with Crippen LogP contribution in [0.5, 0.6) is 0 Å². The highest BCUT2D eigenvalue weighted by Gasteiger charge is 2.28. The zero-order chi connectivity index (χ0) is 18.4. The minimum absolute atomic E-state index is 0.0849. The van der Waals surface area contributed by atoms with Crippen molar-refractivity contribution in [1.29, 1.82) is 0 Å². The molecular weight excluding hydrogens is 342 g/mol. The topological polar surface area (TPSA) is 71.2 Å². The second kappa shape index (κ2) is 6.16. The fourth-order valence-electron chi connectivity index (χ4n) is 4.01. The summed E-state index contributed by atoms with van der Waals surface area (Å²) >= 11 is 0. The minimum Gasteiger partial charge on any atom is -0.451 e. The van der Waals surface area contributed by atoms with Gasteiger partial charge in [0.2, 0.25) is 0 Å². The van der Waals surface area contributed by atoms with Crippen LogP contribution in [0.25, 0.3) is 22.0 Å². The number of aromatic amines is 1. The number of aromatic nitrogens is 2. The summed E-state index contributed by atoms with van der Waals surface area (Å²) in [5, 5.41) is 0.932. The quantitative estimate of drug-likeness (QED) is 0.593. The average molecular weight is 361 g/mol. The molecule has 0 spiro atoms. The molecule has 0 aliphatic carbocycles. The van der Waals surface area contributed by atoms with E-state index in [4.69, 9.17) is 4.42 Å². The molecule has 6 nitrogen and oxygen atoms in total. The summed E-state index contributed by atoms with van der Waals surface area (Å²) in [6.07, 6.45) is 1.49. The predicted molar refractivity (Wildman–Crippen MR) is 103 cm³/mol. The third kappa shape index (κ3) is 2.65. The fourth-order valence-corrected chi connectivity index (χ4v) is 4.01. The Morgan fingerprint density at radius 1 is 1.04 bits per heavy atom. The van der Waals surface area contributed by atoms with Gasteiger partial charge in [0.05, 0.1) is 11.0 Å². The molecule has 136 valence electrons. The van der Waals surface area contributed by atoms with Crippen LogP contribution >= 0.6 is 0 Å². The first-order valence-electron chi connectivity index (χ1n) is 9.18. The molecule has 27 heavy (non-hydrogen) atoms. The second-order valence-corrected chi connectivity index (χ2v) is 6.99. The number of fused-ring (bicyclic) bond motifs is 2. The van der Waals surface area contributed by atoms with Crippen molar-refractivity contribution in [3.05, 3.63) is 70.8 Å². The number of benzene rings is 2. The molecule has 1 aliphatic heterocycles. The van der Waals surface area contributed by atoms with Crippen LogP contribution in [0, 0.1) is 0 Å². The lowest BCUT2D eigenvalue weighted by Crippen LogP contribution is -2.40. The Labute approximate surface area is 155 Å². The largest absolute Gasteiger partial charge is 0.451 e. The zero-order valence-electron chi connectivity index (χ0n) is 14.7. The number of hydrogen-bond donors (Lipinski definition) is 1. The van der Waals surface area contributed by atoms with Crippen molar-refractivity contribution < 1.29 is 9.21 Å². The number of carbonyl (C=O) groups excluding carboxylic acids is 1. The molecule has 1 amide bonds. The molecule has 0 unspecified atom stereocenters. The number of amides is 1. The third-order valence-corrected chi connectivity index (χ3v) is 5.38. The number of furan rings is 1. The number of nitrogens with zero attached hydrogens (tertiary/aromatic N) is 2. The van der Waals surface area contributed by atoms with Crippen LogP contribution < -0.4 is 5.69 Å². The normalized spacial score (nSPS) is 15.6. The van der Waals surface area contributed by atoms with E-state index in [0.717, 1.165) is 34.8 Å². The van der Waals surface area contributed by atoms with Crippen LogP contribution in [0.1, 0.15) is 29.4 Å². The molecule has 6 heteroatoms. The Kier molecular flexibility index (Phi) is 3.63. The number of para-hydroxylation sites is 3. The number of imidazole rings is 1. The van der Waals surface area contributed by atoms with Gasteiger partial charge < -0.3 is 14.3 Å². The maximum atomic E-state index is 12.8. The van der Waals surface area contributed by atoms with E-state index in [1.807, 2.05) is 58.0 Å². The molecule has 0 atom stereocenters. The van der Waals surface area contributed by atoms with Crippen molar-refractivity contribution in [2.45, 2.75) is 18.9 Å². The minimum atomic E-state index is -0.0871. The molecule has 5 rings (SSSR count). The van der Waals surface area contributed by atoms with E-state index in [-0.39, 0.29) is 17.6 Å². The van der Waals surface area contributed by atoms with Gasteiger partial charge in [-0.15, -0.1) is 0 Å². The van der Waals surface area contributed by atoms with Crippen LogP contribution in [0.3, 0.4) is 0 Å². The number of piperidine rings is 1. The lowest BCUT2D eigenvalue weighted by Gasteiger charge is -2.32. The molecule has 0 bridgehead atoms. The highest BCUT2D eigenvalue weighted by molar-refractivity contribution is 5.96. The zero-order valence-corrected chi connectivity index (χ0v) is 14.7.